The number of amides is 1. The number of halogens is 1. The summed E-state index contributed by atoms with van der Waals surface area (Å²) in [4.78, 5) is 25.2. The summed E-state index contributed by atoms with van der Waals surface area (Å²) in [6, 6.07) is 33.3. The Morgan fingerprint density at radius 1 is 0.958 bits per heavy atom. The zero-order valence-corrected chi connectivity index (χ0v) is 26.1. The summed E-state index contributed by atoms with van der Waals surface area (Å²) in [5.74, 6) is 0.247. The summed E-state index contributed by atoms with van der Waals surface area (Å²) >= 11 is 0. The van der Waals surface area contributed by atoms with E-state index in [1.807, 2.05) is 66.7 Å². The number of hydrogen-bond donors (Lipinski definition) is 2. The number of aromatic nitrogens is 4. The highest BCUT2D eigenvalue weighted by Gasteiger charge is 2.30. The topological polar surface area (TPSA) is 120 Å². The molecule has 6 aromatic rings. The third kappa shape index (κ3) is 6.11. The number of pyridine rings is 1. The lowest BCUT2D eigenvalue weighted by atomic mass is 10.0. The van der Waals surface area contributed by atoms with Crippen LogP contribution < -0.4 is 20.3 Å². The maximum absolute atomic E-state index is 14.5. The summed E-state index contributed by atoms with van der Waals surface area (Å²) in [5.41, 5.74) is 4.27. The van der Waals surface area contributed by atoms with Crippen molar-refractivity contribution < 1.29 is 13.9 Å². The number of hydrogen-bond acceptors (Lipinski definition) is 8. The zero-order chi connectivity index (χ0) is 33.0. The molecule has 2 bridgehead atoms. The smallest absolute Gasteiger partial charge is 0.258 e. The van der Waals surface area contributed by atoms with Crippen molar-refractivity contribution in [2.45, 2.75) is 32.7 Å². The van der Waals surface area contributed by atoms with Crippen LogP contribution in [0.5, 0.6) is 5.88 Å². The number of benzene rings is 3. The first-order valence-corrected chi connectivity index (χ1v) is 15.6. The van der Waals surface area contributed by atoms with Crippen LogP contribution in [0.2, 0.25) is 0 Å². The number of anilines is 2. The molecule has 238 valence electrons. The molecule has 0 fully saturated rings. The van der Waals surface area contributed by atoms with Gasteiger partial charge in [-0.1, -0.05) is 91.0 Å². The number of carbonyl (C=O) groups excluding carboxylic acids is 1. The number of rotatable bonds is 6. The normalized spacial score (nSPS) is 14.4. The van der Waals surface area contributed by atoms with Gasteiger partial charge in [0.1, 0.15) is 35.2 Å². The Labute approximate surface area is 276 Å². The number of nitrogens with one attached hydrogen (secondary N) is 2. The second kappa shape index (κ2) is 13.2. The van der Waals surface area contributed by atoms with Crippen LogP contribution in [0.4, 0.5) is 16.0 Å². The number of ether oxygens (including phenoxy) is 1. The summed E-state index contributed by atoms with van der Waals surface area (Å²) in [6.45, 7) is 2.93. The van der Waals surface area contributed by atoms with E-state index < -0.39 is 17.8 Å². The number of fused-ring (bicyclic) bond motifs is 2. The number of nitrogens with zero attached hydrogens (tertiary/aromatic N) is 6. The molecule has 11 heteroatoms. The van der Waals surface area contributed by atoms with Gasteiger partial charge >= 0.3 is 0 Å². The van der Waals surface area contributed by atoms with Crippen LogP contribution in [-0.4, -0.2) is 38.1 Å². The largest absolute Gasteiger partial charge is 0.473 e. The highest BCUT2D eigenvalue weighted by atomic mass is 19.1. The molecule has 0 aliphatic carbocycles. The van der Waals surface area contributed by atoms with E-state index in [2.05, 4.69) is 50.9 Å². The lowest BCUT2D eigenvalue weighted by Crippen LogP contribution is -2.34. The monoisotopic (exact) mass is 638 g/mol. The first-order chi connectivity index (χ1) is 23.5. The molecule has 1 unspecified atom stereocenters. The van der Waals surface area contributed by atoms with Gasteiger partial charge in [0.25, 0.3) is 5.91 Å². The molecule has 7 rings (SSSR count). The van der Waals surface area contributed by atoms with Gasteiger partial charge in [0, 0.05) is 25.2 Å². The van der Waals surface area contributed by atoms with E-state index in [1.54, 1.807) is 11.4 Å². The quantitative estimate of drug-likeness (QED) is 0.224. The standard InChI is InChI=1S/C37H31FN8O2/c1-24-19-41-35(47)32-30(18-39)44-46-34(32)43-33(40-20-28-17-29(38)21-42-36(28)48-24)31(27-15-9-4-10-16-27)37(46)45(22-25-11-5-2-6-12-25)23-26-13-7-3-8-14-26/h2-17,21,24H,19-20,22-23H2,1H3,(H,40,43)(H,41,47). The van der Waals surface area contributed by atoms with Crippen molar-refractivity contribution >= 4 is 23.2 Å². The van der Waals surface area contributed by atoms with Crippen LogP contribution in [-0.2, 0) is 19.6 Å². The van der Waals surface area contributed by atoms with Crippen LogP contribution in [0.3, 0.4) is 0 Å². The molecular formula is C37H31FN8O2. The van der Waals surface area contributed by atoms with Crippen LogP contribution in [0.1, 0.15) is 39.7 Å². The second-order valence-corrected chi connectivity index (χ2v) is 11.5. The fraction of sp³-hybridized carbons (Fsp3) is 0.162. The van der Waals surface area contributed by atoms with Crippen molar-refractivity contribution in [2.75, 3.05) is 16.8 Å². The van der Waals surface area contributed by atoms with Gasteiger partial charge in [0.05, 0.1) is 18.3 Å². The Morgan fingerprint density at radius 2 is 1.60 bits per heavy atom. The molecule has 48 heavy (non-hydrogen) atoms. The Kier molecular flexibility index (Phi) is 8.36. The molecule has 0 saturated carbocycles. The summed E-state index contributed by atoms with van der Waals surface area (Å²) in [6.07, 6.45) is 0.587. The summed E-state index contributed by atoms with van der Waals surface area (Å²) in [7, 11) is 0. The minimum Gasteiger partial charge on any atom is -0.473 e. The lowest BCUT2D eigenvalue weighted by Gasteiger charge is -2.29. The van der Waals surface area contributed by atoms with Gasteiger partial charge < -0.3 is 20.3 Å². The number of nitriles is 1. The molecule has 1 aliphatic heterocycles. The van der Waals surface area contributed by atoms with Gasteiger partial charge in [-0.25, -0.2) is 14.4 Å². The van der Waals surface area contributed by atoms with Crippen molar-refractivity contribution in [1.82, 2.24) is 24.9 Å². The van der Waals surface area contributed by atoms with Crippen LogP contribution in [0, 0.1) is 17.1 Å². The van der Waals surface area contributed by atoms with Gasteiger partial charge in [-0.2, -0.15) is 14.9 Å². The van der Waals surface area contributed by atoms with Crippen molar-refractivity contribution in [3.05, 3.63) is 137 Å². The van der Waals surface area contributed by atoms with Crippen molar-refractivity contribution in [3.8, 4) is 23.1 Å². The maximum Gasteiger partial charge on any atom is 0.258 e. The van der Waals surface area contributed by atoms with Crippen molar-refractivity contribution in [1.29, 1.82) is 5.26 Å². The molecule has 4 heterocycles. The van der Waals surface area contributed by atoms with Gasteiger partial charge in [0.15, 0.2) is 11.3 Å². The molecule has 0 saturated heterocycles. The molecule has 2 N–H and O–H groups in total. The van der Waals surface area contributed by atoms with E-state index in [4.69, 9.17) is 14.8 Å². The Bertz CT molecular complexity index is 2090. The Balaban J connectivity index is 1.53. The number of carbonyl (C=O) groups is 1. The first-order valence-electron chi connectivity index (χ1n) is 15.6. The van der Waals surface area contributed by atoms with E-state index in [1.165, 1.54) is 6.07 Å². The van der Waals surface area contributed by atoms with Gasteiger partial charge in [-0.05, 0) is 29.7 Å². The third-order valence-corrected chi connectivity index (χ3v) is 8.07. The molecule has 3 aromatic carbocycles. The van der Waals surface area contributed by atoms with Crippen LogP contribution >= 0.6 is 0 Å². The van der Waals surface area contributed by atoms with Crippen molar-refractivity contribution in [2.24, 2.45) is 0 Å². The molecule has 1 atom stereocenters. The summed E-state index contributed by atoms with van der Waals surface area (Å²) < 4.78 is 22.2. The Morgan fingerprint density at radius 3 is 2.25 bits per heavy atom. The molecule has 3 aromatic heterocycles. The molecule has 0 radical (unpaired) electrons. The van der Waals surface area contributed by atoms with Gasteiger partial charge in [-0.3, -0.25) is 4.79 Å². The Hall–Kier alpha value is -6.28. The van der Waals surface area contributed by atoms with Gasteiger partial charge in [-0.15, -0.1) is 0 Å². The molecule has 10 nitrogen and oxygen atoms in total. The fourth-order valence-corrected chi connectivity index (χ4v) is 5.86. The fourth-order valence-electron chi connectivity index (χ4n) is 5.86. The molecule has 1 amide bonds. The van der Waals surface area contributed by atoms with Crippen molar-refractivity contribution in [3.63, 3.8) is 0 Å². The van der Waals surface area contributed by atoms with Crippen LogP contribution in [0.25, 0.3) is 16.8 Å². The van der Waals surface area contributed by atoms with Gasteiger partial charge in [0.2, 0.25) is 5.88 Å². The molecule has 0 spiro atoms. The average molecular weight is 639 g/mol. The summed E-state index contributed by atoms with van der Waals surface area (Å²) in [5, 5.41) is 21.3. The highest BCUT2D eigenvalue weighted by molar-refractivity contribution is 6.03. The average Bonchev–Trinajstić information content (AvgIpc) is 3.49. The third-order valence-electron chi connectivity index (χ3n) is 8.07. The van der Waals surface area contributed by atoms with E-state index in [0.717, 1.165) is 22.9 Å². The molecule has 1 aliphatic rings. The minimum atomic E-state index is -0.516. The van der Waals surface area contributed by atoms with E-state index >= 15 is 0 Å². The predicted octanol–water partition coefficient (Wildman–Crippen LogP) is 6.13. The van der Waals surface area contributed by atoms with E-state index in [9.17, 15) is 14.4 Å². The first kappa shape index (κ1) is 30.4. The van der Waals surface area contributed by atoms with E-state index in [-0.39, 0.29) is 35.9 Å². The minimum absolute atomic E-state index is 0.0499. The maximum atomic E-state index is 14.5. The lowest BCUT2D eigenvalue weighted by molar-refractivity contribution is 0.0931. The second-order valence-electron chi connectivity index (χ2n) is 11.5. The zero-order valence-electron chi connectivity index (χ0n) is 26.1. The predicted molar refractivity (Wildman–Crippen MR) is 180 cm³/mol. The van der Waals surface area contributed by atoms with E-state index in [0.29, 0.717) is 35.9 Å². The SMILES string of the molecule is CC1CNC(=O)c2c(C#N)nn3c(N(Cc4ccccc4)Cc4ccccc4)c(-c4ccccc4)c(nc23)NCc2cc(F)cnc2O1. The highest BCUT2D eigenvalue weighted by Crippen LogP contribution is 2.40. The molecular weight excluding hydrogens is 607 g/mol. The van der Waals surface area contributed by atoms with Crippen LogP contribution in [0.15, 0.2) is 103 Å².